The minimum absolute atomic E-state index is 0.0688. The maximum absolute atomic E-state index is 14.0. The third-order valence-electron chi connectivity index (χ3n) is 5.08. The van der Waals surface area contributed by atoms with Crippen molar-refractivity contribution in [3.05, 3.63) is 12.1 Å². The van der Waals surface area contributed by atoms with Crippen LogP contribution < -0.4 is 20.9 Å². The zero-order valence-corrected chi connectivity index (χ0v) is 19.1. The summed E-state index contributed by atoms with van der Waals surface area (Å²) >= 11 is 0. The first kappa shape index (κ1) is 37.0. The highest BCUT2D eigenvalue weighted by molar-refractivity contribution is 5.67. The summed E-state index contributed by atoms with van der Waals surface area (Å²) in [6.07, 6.45) is -15.4. The predicted octanol–water partition coefficient (Wildman–Crippen LogP) is 7.48. The van der Waals surface area contributed by atoms with Crippen LogP contribution in [-0.2, 0) is 0 Å². The van der Waals surface area contributed by atoms with E-state index < -0.39 is 82.5 Å². The van der Waals surface area contributed by atoms with Crippen LogP contribution in [0.4, 0.5) is 104 Å². The van der Waals surface area contributed by atoms with Crippen molar-refractivity contribution in [3.63, 3.8) is 0 Å². The van der Waals surface area contributed by atoms with Crippen LogP contribution in [-0.4, -0.2) is 66.8 Å². The Hall–Kier alpha value is -3.05. The molecule has 0 radical (unpaired) electrons. The maximum Gasteiger partial charge on any atom is 0.471 e. The van der Waals surface area contributed by atoms with Crippen LogP contribution in [0.15, 0.2) is 12.1 Å². The second kappa shape index (κ2) is 9.74. The molecule has 0 fully saturated rings. The summed E-state index contributed by atoms with van der Waals surface area (Å²) in [6, 6.07) is 0.250. The first-order valence-electron chi connectivity index (χ1n) is 9.47. The number of hydrogen-bond acceptors (Lipinski definition) is 4. The number of nitrogens with two attached hydrogens (primary N) is 2. The summed E-state index contributed by atoms with van der Waals surface area (Å²) in [5.74, 6) is -73.8. The number of anilines is 2. The number of nitrogen functional groups attached to an aromatic ring is 2. The minimum atomic E-state index is -9.26. The highest BCUT2D eigenvalue weighted by Crippen LogP contribution is 2.66. The molecule has 0 atom stereocenters. The van der Waals surface area contributed by atoms with E-state index in [1.165, 1.54) is 0 Å². The Morgan fingerprint density at radius 1 is 0.429 bits per heavy atom. The Balaban J connectivity index is 3.77. The third-order valence-corrected chi connectivity index (χ3v) is 5.08. The van der Waals surface area contributed by atoms with Gasteiger partial charge in [-0.25, -0.2) is 0 Å². The van der Waals surface area contributed by atoms with Crippen molar-refractivity contribution in [1.82, 2.24) is 0 Å². The number of halogens is 21. The van der Waals surface area contributed by atoms with Gasteiger partial charge in [0.25, 0.3) is 0 Å². The average Bonchev–Trinajstić information content (AvgIpc) is 2.79. The topological polar surface area (TPSA) is 70.5 Å². The lowest BCUT2D eigenvalue weighted by Crippen LogP contribution is -2.77. The normalized spacial score (nSPS) is 15.6. The zero-order valence-electron chi connectivity index (χ0n) is 19.1. The summed E-state index contributed by atoms with van der Waals surface area (Å²) in [5, 5.41) is 0. The molecule has 0 aliphatic rings. The highest BCUT2D eigenvalue weighted by atomic mass is 19.4. The van der Waals surface area contributed by atoms with Gasteiger partial charge in [0, 0.05) is 12.1 Å². The predicted molar refractivity (Wildman–Crippen MR) is 93.0 cm³/mol. The lowest BCUT2D eigenvalue weighted by atomic mass is 9.87. The molecule has 25 heteroatoms. The molecule has 246 valence electrons. The zero-order chi connectivity index (χ0) is 34.1. The summed E-state index contributed by atoms with van der Waals surface area (Å²) in [7, 11) is 0.816. The van der Waals surface area contributed by atoms with Crippen LogP contribution in [0.25, 0.3) is 0 Å². The molecule has 0 aliphatic heterocycles. The van der Waals surface area contributed by atoms with Gasteiger partial charge < -0.3 is 20.9 Å². The van der Waals surface area contributed by atoms with Gasteiger partial charge in [-0.3, -0.25) is 0 Å². The standard InChI is InChI=1S/C17H9F21N2O2/c1-41-6-2-5(40)7(3-4(6)39)42-17(37,38)15(32,33)13(28,29)11(24,25)9(20,21)8(18,19)10(22,23)12(26,27)14(30,31)16(34,35)36/h2-3H,39-40H2,1H3. The van der Waals surface area contributed by atoms with E-state index >= 15 is 0 Å². The van der Waals surface area contributed by atoms with Crippen LogP contribution >= 0.6 is 0 Å². The van der Waals surface area contributed by atoms with Gasteiger partial charge in [-0.15, -0.1) is 0 Å². The van der Waals surface area contributed by atoms with Crippen molar-refractivity contribution in [2.75, 3.05) is 18.6 Å². The minimum Gasteiger partial charge on any atom is -0.495 e. The van der Waals surface area contributed by atoms with E-state index in [4.69, 9.17) is 11.5 Å². The van der Waals surface area contributed by atoms with Gasteiger partial charge in [0.15, 0.2) is 5.75 Å². The second-order valence-electron chi connectivity index (χ2n) is 7.84. The van der Waals surface area contributed by atoms with Crippen molar-refractivity contribution in [3.8, 4) is 11.5 Å². The summed E-state index contributed by atoms with van der Waals surface area (Å²) in [5.41, 5.74) is 7.87. The van der Waals surface area contributed by atoms with Crippen LogP contribution in [0.1, 0.15) is 0 Å². The van der Waals surface area contributed by atoms with E-state index in [0.717, 1.165) is 7.11 Å². The van der Waals surface area contributed by atoms with Crippen LogP contribution in [0.3, 0.4) is 0 Å². The molecule has 0 saturated heterocycles. The van der Waals surface area contributed by atoms with Gasteiger partial charge in [-0.2, -0.15) is 92.2 Å². The molecule has 0 bridgehead atoms. The Morgan fingerprint density at radius 3 is 1.00 bits per heavy atom. The lowest BCUT2D eigenvalue weighted by molar-refractivity contribution is -0.480. The Kier molecular flexibility index (Phi) is 8.57. The number of benzene rings is 1. The number of methoxy groups -OCH3 is 1. The van der Waals surface area contributed by atoms with E-state index in [0.29, 0.717) is 6.07 Å². The smallest absolute Gasteiger partial charge is 0.471 e. The van der Waals surface area contributed by atoms with Crippen molar-refractivity contribution in [2.45, 2.75) is 59.7 Å². The van der Waals surface area contributed by atoms with Crippen molar-refractivity contribution in [2.24, 2.45) is 0 Å². The molecule has 0 aliphatic carbocycles. The van der Waals surface area contributed by atoms with Crippen LogP contribution in [0.5, 0.6) is 11.5 Å². The summed E-state index contributed by atoms with van der Waals surface area (Å²) in [6.45, 7) is 0. The third kappa shape index (κ3) is 4.69. The van der Waals surface area contributed by atoms with Gasteiger partial charge in [0.1, 0.15) is 5.75 Å². The van der Waals surface area contributed by atoms with E-state index in [2.05, 4.69) is 9.47 Å². The van der Waals surface area contributed by atoms with Crippen LogP contribution in [0, 0.1) is 0 Å². The Morgan fingerprint density at radius 2 is 0.690 bits per heavy atom. The van der Waals surface area contributed by atoms with E-state index in [1.54, 1.807) is 0 Å². The molecule has 0 heterocycles. The Labute approximate surface area is 216 Å². The molecule has 0 spiro atoms. The fourth-order valence-electron chi connectivity index (χ4n) is 2.60. The fraction of sp³-hybridized carbons (Fsp3) is 0.647. The number of hydrogen-bond donors (Lipinski definition) is 2. The molecule has 4 N–H and O–H groups in total. The molecule has 0 amide bonds. The van der Waals surface area contributed by atoms with E-state index in [1.807, 2.05) is 0 Å². The molecule has 0 unspecified atom stereocenters. The Bertz CT molecular complexity index is 1160. The fourth-order valence-corrected chi connectivity index (χ4v) is 2.60. The number of ether oxygens (including phenoxy) is 2. The first-order chi connectivity index (χ1) is 18.1. The summed E-state index contributed by atoms with van der Waals surface area (Å²) in [4.78, 5) is 0. The summed E-state index contributed by atoms with van der Waals surface area (Å²) < 4.78 is 288. The van der Waals surface area contributed by atoms with Gasteiger partial charge in [0.05, 0.1) is 18.5 Å². The molecule has 1 aromatic rings. The second-order valence-corrected chi connectivity index (χ2v) is 7.84. The molecular weight excluding hydrogens is 663 g/mol. The van der Waals surface area contributed by atoms with Crippen molar-refractivity contribution in [1.29, 1.82) is 0 Å². The first-order valence-corrected chi connectivity index (χ1v) is 9.47. The molecule has 42 heavy (non-hydrogen) atoms. The molecule has 1 aromatic carbocycles. The van der Waals surface area contributed by atoms with Gasteiger partial charge in [-0.05, 0) is 0 Å². The van der Waals surface area contributed by atoms with Crippen molar-refractivity contribution >= 4 is 11.4 Å². The molecule has 0 saturated carbocycles. The van der Waals surface area contributed by atoms with E-state index in [9.17, 15) is 92.2 Å². The molecule has 0 aromatic heterocycles. The largest absolute Gasteiger partial charge is 0.495 e. The molecule has 4 nitrogen and oxygen atoms in total. The van der Waals surface area contributed by atoms with Gasteiger partial charge in [0.2, 0.25) is 0 Å². The average molecular weight is 672 g/mol. The van der Waals surface area contributed by atoms with Crippen LogP contribution in [0.2, 0.25) is 0 Å². The molecular formula is C17H9F21N2O2. The highest BCUT2D eigenvalue weighted by Gasteiger charge is 2.98. The number of rotatable bonds is 11. The SMILES string of the molecule is COc1cc(N)c(OC(F)(F)C(F)(F)C(F)(F)C(F)(F)C(F)(F)C(F)(F)C(F)(F)C(F)(F)C(F)(F)C(F)(F)F)cc1N. The van der Waals surface area contributed by atoms with Gasteiger partial charge in [-0.1, -0.05) is 0 Å². The molecule has 1 rings (SSSR count). The lowest BCUT2D eigenvalue weighted by Gasteiger charge is -2.44. The number of alkyl halides is 21. The van der Waals surface area contributed by atoms with Gasteiger partial charge >= 0.3 is 59.7 Å². The monoisotopic (exact) mass is 672 g/mol. The van der Waals surface area contributed by atoms with E-state index in [-0.39, 0.29) is 6.07 Å². The quantitative estimate of drug-likeness (QED) is 0.189. The van der Waals surface area contributed by atoms with Crippen molar-refractivity contribution < 1.29 is 102 Å². The maximum atomic E-state index is 14.0.